The zero-order chi connectivity index (χ0) is 25.0. The molecule has 3 nitrogen and oxygen atoms in total. The Morgan fingerprint density at radius 1 is 1.09 bits per heavy atom. The SMILES string of the molecule is CC1CC1.CC=Nc1cc(OC(F)(F)F)ccc1CC.CCC(C)=Nc1ccc(F)cc1C. The van der Waals surface area contributed by atoms with Gasteiger partial charge in [0.25, 0.3) is 0 Å². The third kappa shape index (κ3) is 12.2. The normalized spacial score (nSPS) is 13.7. The van der Waals surface area contributed by atoms with Gasteiger partial charge in [0.1, 0.15) is 11.6 Å². The molecule has 0 radical (unpaired) electrons. The van der Waals surface area contributed by atoms with E-state index in [0.717, 1.165) is 34.9 Å². The summed E-state index contributed by atoms with van der Waals surface area (Å²) in [6.45, 7) is 11.8. The van der Waals surface area contributed by atoms with Gasteiger partial charge in [0.15, 0.2) is 0 Å². The lowest BCUT2D eigenvalue weighted by Crippen LogP contribution is -2.17. The van der Waals surface area contributed by atoms with E-state index in [4.69, 9.17) is 0 Å². The lowest BCUT2D eigenvalue weighted by molar-refractivity contribution is -0.274. The fraction of sp³-hybridized carbons (Fsp3) is 0.462. The van der Waals surface area contributed by atoms with Gasteiger partial charge in [-0.25, -0.2) is 4.39 Å². The highest BCUT2D eigenvalue weighted by molar-refractivity contribution is 5.84. The molecule has 0 unspecified atom stereocenters. The minimum absolute atomic E-state index is 0.203. The van der Waals surface area contributed by atoms with E-state index < -0.39 is 6.36 Å². The van der Waals surface area contributed by atoms with Gasteiger partial charge in [-0.05, 0) is 74.9 Å². The van der Waals surface area contributed by atoms with Crippen LogP contribution in [0.4, 0.5) is 28.9 Å². The Balaban J connectivity index is 0.000000285. The van der Waals surface area contributed by atoms with Gasteiger partial charge >= 0.3 is 6.36 Å². The molecule has 2 aromatic carbocycles. The number of nitrogens with zero attached hydrogens (tertiary/aromatic N) is 2. The van der Waals surface area contributed by atoms with Gasteiger partial charge in [0.05, 0.1) is 11.4 Å². The second-order valence-corrected chi connectivity index (χ2v) is 7.89. The number of benzene rings is 2. The van der Waals surface area contributed by atoms with Crippen LogP contribution in [0.5, 0.6) is 5.75 Å². The van der Waals surface area contributed by atoms with Crippen molar-refractivity contribution in [2.24, 2.45) is 15.9 Å². The van der Waals surface area contributed by atoms with Crippen molar-refractivity contribution in [3.05, 3.63) is 53.3 Å². The molecule has 1 saturated carbocycles. The molecule has 182 valence electrons. The number of ether oxygens (including phenoxy) is 1. The van der Waals surface area contributed by atoms with E-state index in [-0.39, 0.29) is 11.6 Å². The van der Waals surface area contributed by atoms with Gasteiger partial charge in [0.2, 0.25) is 0 Å². The summed E-state index contributed by atoms with van der Waals surface area (Å²) in [7, 11) is 0. The molecule has 1 aliphatic rings. The molecule has 0 atom stereocenters. The summed E-state index contributed by atoms with van der Waals surface area (Å²) >= 11 is 0. The van der Waals surface area contributed by atoms with E-state index >= 15 is 0 Å². The lowest BCUT2D eigenvalue weighted by Gasteiger charge is -2.10. The molecule has 0 saturated heterocycles. The zero-order valence-corrected chi connectivity index (χ0v) is 20.3. The largest absolute Gasteiger partial charge is 0.573 e. The van der Waals surface area contributed by atoms with Crippen LogP contribution < -0.4 is 4.74 Å². The third-order valence-corrected chi connectivity index (χ3v) is 4.79. The number of halogens is 4. The quantitative estimate of drug-likeness (QED) is 0.320. The van der Waals surface area contributed by atoms with Crippen LogP contribution in [0.2, 0.25) is 0 Å². The summed E-state index contributed by atoms with van der Waals surface area (Å²) in [6.07, 6.45) is 1.47. The van der Waals surface area contributed by atoms with E-state index in [2.05, 4.69) is 28.6 Å². The van der Waals surface area contributed by atoms with Crippen LogP contribution in [0.3, 0.4) is 0 Å². The third-order valence-electron chi connectivity index (χ3n) is 4.79. The molecule has 0 aromatic heterocycles. The van der Waals surface area contributed by atoms with Crippen molar-refractivity contribution in [2.75, 3.05) is 0 Å². The molecule has 0 amide bonds. The Hall–Kier alpha value is -2.70. The highest BCUT2D eigenvalue weighted by Gasteiger charge is 2.31. The van der Waals surface area contributed by atoms with E-state index in [1.807, 2.05) is 20.8 Å². The van der Waals surface area contributed by atoms with Gasteiger partial charge in [0, 0.05) is 18.0 Å². The van der Waals surface area contributed by atoms with Crippen LogP contribution in [-0.4, -0.2) is 18.3 Å². The Bertz CT molecular complexity index is 932. The molecule has 0 heterocycles. The summed E-state index contributed by atoms with van der Waals surface area (Å²) in [5.74, 6) is 0.635. The minimum Gasteiger partial charge on any atom is -0.406 e. The molecule has 3 rings (SSSR count). The van der Waals surface area contributed by atoms with Gasteiger partial charge in [-0.15, -0.1) is 13.2 Å². The molecule has 0 aliphatic heterocycles. The first-order valence-electron chi connectivity index (χ1n) is 11.2. The highest BCUT2D eigenvalue weighted by Crippen LogP contribution is 2.29. The van der Waals surface area contributed by atoms with Gasteiger partial charge in [-0.1, -0.05) is 39.7 Å². The topological polar surface area (TPSA) is 34.0 Å². The predicted octanol–water partition coefficient (Wildman–Crippen LogP) is 8.92. The lowest BCUT2D eigenvalue weighted by atomic mass is 10.1. The van der Waals surface area contributed by atoms with Crippen molar-refractivity contribution < 1.29 is 22.3 Å². The molecule has 2 aromatic rings. The average molecular weight is 467 g/mol. The maximum atomic E-state index is 12.7. The maximum absolute atomic E-state index is 12.7. The van der Waals surface area contributed by atoms with Crippen molar-refractivity contribution in [3.63, 3.8) is 0 Å². The molecule has 1 fully saturated rings. The summed E-state index contributed by atoms with van der Waals surface area (Å²) in [5.41, 5.74) is 4.20. The molecular weight excluding hydrogens is 432 g/mol. The summed E-state index contributed by atoms with van der Waals surface area (Å²) < 4.78 is 52.5. The van der Waals surface area contributed by atoms with Crippen LogP contribution in [0.15, 0.2) is 46.4 Å². The Morgan fingerprint density at radius 3 is 2.18 bits per heavy atom. The van der Waals surface area contributed by atoms with Crippen molar-refractivity contribution >= 4 is 23.3 Å². The molecule has 1 aliphatic carbocycles. The standard InChI is InChI=1S/C11H12F3NO.C11H14FN.C4H8/c1-3-8-5-6-9(16-11(12,13)14)7-10(8)15-4-2;1-4-9(3)13-11-6-5-10(12)7-8(11)2;1-4-2-3-4/h4-7H,3H2,1-2H3;5-7H,4H2,1-3H3;4H,2-3H2,1H3. The van der Waals surface area contributed by atoms with E-state index in [9.17, 15) is 17.6 Å². The summed E-state index contributed by atoms with van der Waals surface area (Å²) in [4.78, 5) is 8.36. The first-order valence-corrected chi connectivity index (χ1v) is 11.2. The van der Waals surface area contributed by atoms with Crippen molar-refractivity contribution in [2.45, 2.75) is 73.6 Å². The van der Waals surface area contributed by atoms with Crippen molar-refractivity contribution in [1.29, 1.82) is 0 Å². The van der Waals surface area contributed by atoms with E-state index in [0.29, 0.717) is 12.1 Å². The van der Waals surface area contributed by atoms with Crippen LogP contribution >= 0.6 is 0 Å². The Morgan fingerprint density at radius 2 is 1.73 bits per heavy atom. The molecule has 0 spiro atoms. The smallest absolute Gasteiger partial charge is 0.406 e. The number of hydrogen-bond acceptors (Lipinski definition) is 3. The number of rotatable bonds is 5. The summed E-state index contributed by atoms with van der Waals surface area (Å²) in [5, 5.41) is 0. The number of hydrogen-bond donors (Lipinski definition) is 0. The van der Waals surface area contributed by atoms with E-state index in [1.165, 1.54) is 43.3 Å². The zero-order valence-electron chi connectivity index (χ0n) is 20.3. The highest BCUT2D eigenvalue weighted by atomic mass is 19.4. The van der Waals surface area contributed by atoms with Crippen LogP contribution in [-0.2, 0) is 6.42 Å². The average Bonchev–Trinajstić information content (AvgIpc) is 3.52. The fourth-order valence-electron chi connectivity index (χ4n) is 2.49. The van der Waals surface area contributed by atoms with Crippen LogP contribution in [0.25, 0.3) is 0 Å². The summed E-state index contributed by atoms with van der Waals surface area (Å²) in [6, 6.07) is 8.82. The molecule has 0 bridgehead atoms. The first-order chi connectivity index (χ1) is 15.5. The van der Waals surface area contributed by atoms with E-state index in [1.54, 1.807) is 19.1 Å². The second-order valence-electron chi connectivity index (χ2n) is 7.89. The second kappa shape index (κ2) is 13.8. The molecule has 33 heavy (non-hydrogen) atoms. The molecule has 0 N–H and O–H groups in total. The van der Waals surface area contributed by atoms with Crippen LogP contribution in [0.1, 0.15) is 65.0 Å². The van der Waals surface area contributed by atoms with Gasteiger partial charge in [-0.3, -0.25) is 9.98 Å². The number of aryl methyl sites for hydroxylation is 2. The molecule has 7 heteroatoms. The Kier molecular flexibility index (Phi) is 11.8. The van der Waals surface area contributed by atoms with Gasteiger partial charge in [-0.2, -0.15) is 0 Å². The number of aliphatic imine (C=N–C) groups is 2. The van der Waals surface area contributed by atoms with Crippen molar-refractivity contribution in [3.8, 4) is 5.75 Å². The Labute approximate surface area is 194 Å². The van der Waals surface area contributed by atoms with Crippen LogP contribution in [0, 0.1) is 18.7 Å². The molecular formula is C26H34F4N2O. The van der Waals surface area contributed by atoms with Gasteiger partial charge < -0.3 is 4.74 Å². The maximum Gasteiger partial charge on any atom is 0.573 e. The number of alkyl halides is 3. The minimum atomic E-state index is -4.67. The monoisotopic (exact) mass is 466 g/mol. The van der Waals surface area contributed by atoms with Crippen molar-refractivity contribution in [1.82, 2.24) is 0 Å². The fourth-order valence-corrected chi connectivity index (χ4v) is 2.49. The predicted molar refractivity (Wildman–Crippen MR) is 129 cm³/mol. The first kappa shape index (κ1) is 28.3.